The lowest BCUT2D eigenvalue weighted by molar-refractivity contribution is -0.133. The first kappa shape index (κ1) is 12.0. The van der Waals surface area contributed by atoms with Crippen LogP contribution in [0.4, 0.5) is 5.69 Å². The Morgan fingerprint density at radius 1 is 1.53 bits per heavy atom. The van der Waals surface area contributed by atoms with Crippen molar-refractivity contribution in [3.8, 4) is 0 Å². The van der Waals surface area contributed by atoms with Crippen molar-refractivity contribution in [1.29, 1.82) is 0 Å². The largest absolute Gasteiger partial charge is 0.363 e. The highest BCUT2D eigenvalue weighted by atomic mass is 16.5. The maximum atomic E-state index is 11.9. The molecular weight excluding hydrogens is 218 g/mol. The Morgan fingerprint density at radius 3 is 2.71 bits per heavy atom. The zero-order chi connectivity index (χ0) is 12.3. The van der Waals surface area contributed by atoms with Crippen molar-refractivity contribution in [3.63, 3.8) is 0 Å². The maximum Gasteiger partial charge on any atom is 0.252 e. The van der Waals surface area contributed by atoms with Crippen molar-refractivity contribution >= 4 is 11.6 Å². The van der Waals surface area contributed by atoms with E-state index in [0.717, 1.165) is 18.8 Å². The Bertz CT molecular complexity index is 390. The molecule has 0 aliphatic carbocycles. The normalized spacial score (nSPS) is 17.3. The molecule has 17 heavy (non-hydrogen) atoms. The van der Waals surface area contributed by atoms with Gasteiger partial charge in [0, 0.05) is 38.2 Å². The highest BCUT2D eigenvalue weighted by Gasteiger charge is 2.33. The second-order valence-electron chi connectivity index (χ2n) is 4.50. The molecule has 92 valence electrons. The standard InChI is InChI=1S/C12H17N3O2/c1-12(8-14-9-12)17-7-11(16)15(2)10-3-5-13-6-4-10/h3-6,14H,7-9H2,1-2H3. The van der Waals surface area contributed by atoms with Gasteiger partial charge in [0.15, 0.2) is 0 Å². The van der Waals surface area contributed by atoms with Crippen LogP contribution in [0.5, 0.6) is 0 Å². The van der Waals surface area contributed by atoms with E-state index in [2.05, 4.69) is 10.3 Å². The first-order chi connectivity index (χ1) is 8.11. The van der Waals surface area contributed by atoms with Gasteiger partial charge in [-0.15, -0.1) is 0 Å². The predicted molar refractivity (Wildman–Crippen MR) is 64.9 cm³/mol. The number of nitrogens with zero attached hydrogens (tertiary/aromatic N) is 2. The molecule has 1 N–H and O–H groups in total. The van der Waals surface area contributed by atoms with E-state index in [1.165, 1.54) is 0 Å². The molecule has 0 aromatic carbocycles. The van der Waals surface area contributed by atoms with E-state index in [1.807, 2.05) is 6.92 Å². The van der Waals surface area contributed by atoms with Crippen LogP contribution in [0, 0.1) is 0 Å². The summed E-state index contributed by atoms with van der Waals surface area (Å²) in [6.07, 6.45) is 3.33. The Balaban J connectivity index is 1.87. The topological polar surface area (TPSA) is 54.5 Å². The van der Waals surface area contributed by atoms with Gasteiger partial charge in [-0.25, -0.2) is 0 Å². The summed E-state index contributed by atoms with van der Waals surface area (Å²) in [4.78, 5) is 17.4. The summed E-state index contributed by atoms with van der Waals surface area (Å²) in [5.41, 5.74) is 0.639. The van der Waals surface area contributed by atoms with Crippen LogP contribution >= 0.6 is 0 Å². The molecule has 5 heteroatoms. The molecule has 1 amide bonds. The van der Waals surface area contributed by atoms with Crippen LogP contribution in [0.2, 0.25) is 0 Å². The zero-order valence-corrected chi connectivity index (χ0v) is 10.1. The fraction of sp³-hybridized carbons (Fsp3) is 0.500. The van der Waals surface area contributed by atoms with Crippen molar-refractivity contribution in [3.05, 3.63) is 24.5 Å². The molecule has 0 spiro atoms. The van der Waals surface area contributed by atoms with Gasteiger partial charge in [-0.1, -0.05) is 0 Å². The first-order valence-corrected chi connectivity index (χ1v) is 5.62. The number of likely N-dealkylation sites (N-methyl/N-ethyl adjacent to an activating group) is 1. The van der Waals surface area contributed by atoms with Gasteiger partial charge < -0.3 is 15.0 Å². The van der Waals surface area contributed by atoms with Gasteiger partial charge in [0.05, 0.1) is 5.60 Å². The number of carbonyl (C=O) groups excluding carboxylic acids is 1. The quantitative estimate of drug-likeness (QED) is 0.822. The Kier molecular flexibility index (Phi) is 3.40. The van der Waals surface area contributed by atoms with Crippen LogP contribution in [0.15, 0.2) is 24.5 Å². The van der Waals surface area contributed by atoms with Gasteiger partial charge in [-0.3, -0.25) is 9.78 Å². The van der Waals surface area contributed by atoms with Crippen molar-refractivity contribution in [2.45, 2.75) is 12.5 Å². The van der Waals surface area contributed by atoms with Crippen LogP contribution < -0.4 is 10.2 Å². The molecule has 0 atom stereocenters. The van der Waals surface area contributed by atoms with E-state index >= 15 is 0 Å². The first-order valence-electron chi connectivity index (χ1n) is 5.62. The van der Waals surface area contributed by atoms with Crippen LogP contribution in [0.25, 0.3) is 0 Å². The van der Waals surface area contributed by atoms with Gasteiger partial charge in [0.25, 0.3) is 5.91 Å². The number of hydrogen-bond donors (Lipinski definition) is 1. The number of ether oxygens (including phenoxy) is 1. The number of anilines is 1. The summed E-state index contributed by atoms with van der Waals surface area (Å²) >= 11 is 0. The minimum Gasteiger partial charge on any atom is -0.363 e. The molecule has 1 saturated heterocycles. The van der Waals surface area contributed by atoms with E-state index in [1.54, 1.807) is 36.5 Å². The van der Waals surface area contributed by atoms with Crippen molar-refractivity contribution < 1.29 is 9.53 Å². The second-order valence-corrected chi connectivity index (χ2v) is 4.50. The molecule has 0 bridgehead atoms. The predicted octanol–water partition coefficient (Wildman–Crippen LogP) is 0.423. The summed E-state index contributed by atoms with van der Waals surface area (Å²) < 4.78 is 5.60. The molecule has 0 unspecified atom stereocenters. The lowest BCUT2D eigenvalue weighted by atomic mass is 10.0. The fourth-order valence-corrected chi connectivity index (χ4v) is 1.62. The second kappa shape index (κ2) is 4.81. The highest BCUT2D eigenvalue weighted by molar-refractivity contribution is 5.93. The number of pyridine rings is 1. The molecule has 0 radical (unpaired) electrons. The third kappa shape index (κ3) is 2.81. The van der Waals surface area contributed by atoms with Crippen molar-refractivity contribution in [2.75, 3.05) is 31.6 Å². The molecule has 2 rings (SSSR count). The minimum atomic E-state index is -0.186. The van der Waals surface area contributed by atoms with Crippen molar-refractivity contribution in [2.24, 2.45) is 0 Å². The Labute approximate surface area is 101 Å². The summed E-state index contributed by atoms with van der Waals surface area (Å²) in [5, 5.41) is 3.13. The minimum absolute atomic E-state index is 0.0516. The van der Waals surface area contributed by atoms with E-state index in [-0.39, 0.29) is 18.1 Å². The van der Waals surface area contributed by atoms with E-state index in [4.69, 9.17) is 4.74 Å². The molecule has 1 aliphatic rings. The van der Waals surface area contributed by atoms with Gasteiger partial charge in [0.1, 0.15) is 6.61 Å². The van der Waals surface area contributed by atoms with Gasteiger partial charge in [-0.2, -0.15) is 0 Å². The lowest BCUT2D eigenvalue weighted by Crippen LogP contribution is -2.59. The third-order valence-electron chi connectivity index (χ3n) is 2.97. The molecule has 2 heterocycles. The smallest absolute Gasteiger partial charge is 0.252 e. The number of aromatic nitrogens is 1. The molecule has 5 nitrogen and oxygen atoms in total. The third-order valence-corrected chi connectivity index (χ3v) is 2.97. The summed E-state index contributed by atoms with van der Waals surface area (Å²) in [6.45, 7) is 3.72. The summed E-state index contributed by atoms with van der Waals surface area (Å²) in [7, 11) is 1.74. The van der Waals surface area contributed by atoms with Crippen LogP contribution in [-0.4, -0.2) is 43.2 Å². The maximum absolute atomic E-state index is 11.9. The number of carbonyl (C=O) groups is 1. The van der Waals surface area contributed by atoms with Gasteiger partial charge in [-0.05, 0) is 19.1 Å². The monoisotopic (exact) mass is 235 g/mol. The molecular formula is C12H17N3O2. The fourth-order valence-electron chi connectivity index (χ4n) is 1.62. The van der Waals surface area contributed by atoms with Crippen molar-refractivity contribution in [1.82, 2.24) is 10.3 Å². The number of amides is 1. The number of nitrogens with one attached hydrogen (secondary N) is 1. The molecule has 0 saturated carbocycles. The summed E-state index contributed by atoms with van der Waals surface area (Å²) in [6, 6.07) is 3.59. The Hall–Kier alpha value is -1.46. The van der Waals surface area contributed by atoms with E-state index in [0.29, 0.717) is 0 Å². The molecule has 1 aromatic heterocycles. The SMILES string of the molecule is CN(C(=O)COC1(C)CNC1)c1ccncc1. The van der Waals surface area contributed by atoms with E-state index in [9.17, 15) is 4.79 Å². The molecule has 1 aromatic rings. The number of rotatable bonds is 4. The lowest BCUT2D eigenvalue weighted by Gasteiger charge is -2.39. The molecule has 1 fully saturated rings. The van der Waals surface area contributed by atoms with Crippen LogP contribution in [0.3, 0.4) is 0 Å². The van der Waals surface area contributed by atoms with Gasteiger partial charge in [0.2, 0.25) is 0 Å². The Morgan fingerprint density at radius 2 is 2.18 bits per heavy atom. The van der Waals surface area contributed by atoms with Crippen LogP contribution in [-0.2, 0) is 9.53 Å². The zero-order valence-electron chi connectivity index (χ0n) is 10.1. The summed E-state index contributed by atoms with van der Waals surface area (Å²) in [5.74, 6) is -0.0516. The van der Waals surface area contributed by atoms with Gasteiger partial charge >= 0.3 is 0 Å². The average molecular weight is 235 g/mol. The van der Waals surface area contributed by atoms with Crippen LogP contribution in [0.1, 0.15) is 6.92 Å². The molecule has 1 aliphatic heterocycles. The average Bonchev–Trinajstić information content (AvgIpc) is 2.33. The highest BCUT2D eigenvalue weighted by Crippen LogP contribution is 2.16. The number of hydrogen-bond acceptors (Lipinski definition) is 4. The van der Waals surface area contributed by atoms with E-state index < -0.39 is 0 Å².